The molecule has 0 spiro atoms. The number of carbonyl (C=O) groups excluding carboxylic acids is 2. The normalized spacial score (nSPS) is 25.1. The second-order valence-corrected chi connectivity index (χ2v) is 20.5. The van der Waals surface area contributed by atoms with Gasteiger partial charge in [0, 0.05) is 12.8 Å². The fourth-order valence-electron chi connectivity index (χ4n) is 9.15. The Kier molecular flexibility index (Phi) is 40.5. The van der Waals surface area contributed by atoms with Gasteiger partial charge in [0.2, 0.25) is 0 Å². The first-order chi connectivity index (χ1) is 35.0. The highest BCUT2D eigenvalue weighted by Crippen LogP contribution is 2.27. The number of aliphatic hydroxyl groups excluding tert-OH is 7. The molecule has 0 saturated carbocycles. The minimum absolute atomic E-state index is 0.165. The van der Waals surface area contributed by atoms with Crippen LogP contribution in [0.1, 0.15) is 232 Å². The van der Waals surface area contributed by atoms with Crippen molar-refractivity contribution in [2.24, 2.45) is 0 Å². The minimum Gasteiger partial charge on any atom is -0.462 e. The van der Waals surface area contributed by atoms with Crippen molar-refractivity contribution in [3.63, 3.8) is 0 Å². The number of esters is 2. The van der Waals surface area contributed by atoms with E-state index in [1.807, 2.05) is 0 Å². The maximum Gasteiger partial charge on any atom is 0.306 e. The zero-order chi connectivity index (χ0) is 52.4. The van der Waals surface area contributed by atoms with E-state index >= 15 is 0 Å². The van der Waals surface area contributed by atoms with Crippen molar-refractivity contribution in [1.29, 1.82) is 0 Å². The lowest BCUT2D eigenvalue weighted by Gasteiger charge is -2.42. The zero-order valence-electron chi connectivity index (χ0n) is 44.9. The topological polar surface area (TPSA) is 231 Å². The highest BCUT2D eigenvalue weighted by Gasteiger charge is 2.47. The third-order valence-electron chi connectivity index (χ3n) is 13.9. The molecule has 4 unspecified atom stereocenters. The van der Waals surface area contributed by atoms with Crippen molar-refractivity contribution < 1.29 is 73.8 Å². The number of carbonyl (C=O) groups is 2. The van der Waals surface area contributed by atoms with E-state index in [0.717, 1.165) is 57.8 Å². The smallest absolute Gasteiger partial charge is 0.306 e. The summed E-state index contributed by atoms with van der Waals surface area (Å²) >= 11 is 0. The fraction of sp³-hybridized carbons (Fsp3) is 0.895. The van der Waals surface area contributed by atoms with Crippen molar-refractivity contribution in [2.75, 3.05) is 26.4 Å². The van der Waals surface area contributed by atoms with Crippen LogP contribution in [-0.4, -0.2) is 142 Å². The predicted molar refractivity (Wildman–Crippen MR) is 280 cm³/mol. The van der Waals surface area contributed by atoms with Crippen LogP contribution in [0.4, 0.5) is 0 Å². The second kappa shape index (κ2) is 44.1. The lowest BCUT2D eigenvalue weighted by Crippen LogP contribution is -2.61. The van der Waals surface area contributed by atoms with Crippen LogP contribution < -0.4 is 0 Å². The molecule has 422 valence electrons. The number of rotatable bonds is 46. The summed E-state index contributed by atoms with van der Waals surface area (Å²) < 4.78 is 33.7. The number of hydrogen-bond acceptors (Lipinski definition) is 15. The average molecular weight is 1030 g/mol. The third-order valence-corrected chi connectivity index (χ3v) is 13.9. The van der Waals surface area contributed by atoms with E-state index in [1.165, 1.54) is 135 Å². The molecule has 15 nitrogen and oxygen atoms in total. The van der Waals surface area contributed by atoms with E-state index < -0.39 is 92.7 Å². The van der Waals surface area contributed by atoms with Crippen molar-refractivity contribution >= 4 is 11.9 Å². The molecule has 0 aromatic rings. The standard InChI is InChI=1S/C57H104O15/c1-3-5-7-9-11-13-15-17-19-20-21-22-23-24-26-28-30-32-34-36-38-40-49(60)70-45(42-67-48(59)39-37-35-33-31-29-27-25-18-16-14-12-10-8-6-4-2)43-68-56-55(66)53(64)51(62)47(72-56)44-69-57-54(65)52(63)50(61)46(41-58)71-57/h17-19,25,45-47,50-58,61-66H,3-16,20-24,26-44H2,1-2H3/b19-17+,25-18+/t45-,46+,47+,50-,51-,52?,53?,54?,55?,56+,57+/m1/s1. The number of ether oxygens (including phenoxy) is 6. The molecule has 0 radical (unpaired) electrons. The Labute approximate surface area is 434 Å². The summed E-state index contributed by atoms with van der Waals surface area (Å²) in [6, 6.07) is 0. The summed E-state index contributed by atoms with van der Waals surface area (Å²) in [5.74, 6) is -0.926. The van der Waals surface area contributed by atoms with E-state index in [2.05, 4.69) is 38.2 Å². The Morgan fingerprint density at radius 3 is 1.22 bits per heavy atom. The molecular weight excluding hydrogens is 925 g/mol. The number of aliphatic hydroxyl groups is 7. The summed E-state index contributed by atoms with van der Waals surface area (Å²) in [5.41, 5.74) is 0. The van der Waals surface area contributed by atoms with Crippen LogP contribution in [0.5, 0.6) is 0 Å². The highest BCUT2D eigenvalue weighted by atomic mass is 16.7. The molecule has 2 saturated heterocycles. The fourth-order valence-corrected chi connectivity index (χ4v) is 9.15. The summed E-state index contributed by atoms with van der Waals surface area (Å²) in [6.45, 7) is 2.61. The van der Waals surface area contributed by atoms with Gasteiger partial charge in [0.25, 0.3) is 0 Å². The first kappa shape index (κ1) is 66.1. The molecule has 2 aliphatic heterocycles. The van der Waals surface area contributed by atoms with Crippen molar-refractivity contribution in [1.82, 2.24) is 0 Å². The molecule has 15 heteroatoms. The Morgan fingerprint density at radius 1 is 0.431 bits per heavy atom. The highest BCUT2D eigenvalue weighted by molar-refractivity contribution is 5.70. The predicted octanol–water partition coefficient (Wildman–Crippen LogP) is 9.50. The minimum atomic E-state index is -1.76. The molecule has 2 fully saturated rings. The van der Waals surface area contributed by atoms with Gasteiger partial charge >= 0.3 is 11.9 Å². The maximum absolute atomic E-state index is 13.1. The Bertz CT molecular complexity index is 1350. The lowest BCUT2D eigenvalue weighted by atomic mass is 9.98. The van der Waals surface area contributed by atoms with Gasteiger partial charge in [-0.3, -0.25) is 9.59 Å². The van der Waals surface area contributed by atoms with E-state index in [4.69, 9.17) is 28.4 Å². The largest absolute Gasteiger partial charge is 0.462 e. The molecule has 2 rings (SSSR count). The summed E-state index contributed by atoms with van der Waals surface area (Å²) in [4.78, 5) is 25.9. The van der Waals surface area contributed by atoms with Gasteiger partial charge in [0.1, 0.15) is 55.4 Å². The van der Waals surface area contributed by atoms with Crippen molar-refractivity contribution in [3.05, 3.63) is 24.3 Å². The summed E-state index contributed by atoms with van der Waals surface area (Å²) in [5, 5.41) is 72.2. The first-order valence-electron chi connectivity index (χ1n) is 28.9. The van der Waals surface area contributed by atoms with E-state index in [0.29, 0.717) is 12.8 Å². The molecular formula is C57H104O15. The molecule has 0 aliphatic carbocycles. The van der Waals surface area contributed by atoms with Crippen molar-refractivity contribution in [3.8, 4) is 0 Å². The van der Waals surface area contributed by atoms with Gasteiger partial charge in [0.15, 0.2) is 18.7 Å². The monoisotopic (exact) mass is 1030 g/mol. The van der Waals surface area contributed by atoms with Gasteiger partial charge in [-0.05, 0) is 64.2 Å². The van der Waals surface area contributed by atoms with Gasteiger partial charge in [-0.1, -0.05) is 179 Å². The number of hydrogen-bond donors (Lipinski definition) is 7. The molecule has 2 heterocycles. The molecule has 7 N–H and O–H groups in total. The van der Waals surface area contributed by atoms with Crippen LogP contribution in [0.15, 0.2) is 24.3 Å². The number of allylic oxidation sites excluding steroid dienone is 4. The first-order valence-corrected chi connectivity index (χ1v) is 28.9. The van der Waals surface area contributed by atoms with Gasteiger partial charge in [0.05, 0.1) is 19.8 Å². The van der Waals surface area contributed by atoms with Crippen LogP contribution in [0.25, 0.3) is 0 Å². The third kappa shape index (κ3) is 31.1. The molecule has 0 aromatic carbocycles. The molecule has 0 aromatic heterocycles. The molecule has 72 heavy (non-hydrogen) atoms. The van der Waals surface area contributed by atoms with Gasteiger partial charge in [-0.2, -0.15) is 0 Å². The second-order valence-electron chi connectivity index (χ2n) is 20.5. The van der Waals surface area contributed by atoms with Crippen LogP contribution in [0.3, 0.4) is 0 Å². The quantitative estimate of drug-likeness (QED) is 0.0171. The van der Waals surface area contributed by atoms with Crippen LogP contribution in [-0.2, 0) is 38.0 Å². The Balaban J connectivity index is 1.75. The van der Waals surface area contributed by atoms with Gasteiger partial charge in [-0.15, -0.1) is 0 Å². The van der Waals surface area contributed by atoms with Gasteiger partial charge in [-0.25, -0.2) is 0 Å². The Hall–Kier alpha value is -2.02. The molecule has 2 aliphatic rings. The van der Waals surface area contributed by atoms with E-state index in [1.54, 1.807) is 0 Å². The average Bonchev–Trinajstić information content (AvgIpc) is 3.37. The SMILES string of the molecule is CCCCCCCC/C=C/CCCCCCCCCCCCCC(=O)O[C@H](COC(=O)CCCCCCC/C=C/CCCCCCCC)CO[C@H]1O[C@@H](CO[C@H]2O[C@@H](CO)[C@@H](O)C(O)C2O)[C@@H](O)C(O)C1O. The molecule has 11 atom stereocenters. The van der Waals surface area contributed by atoms with Crippen LogP contribution in [0, 0.1) is 0 Å². The van der Waals surface area contributed by atoms with Gasteiger partial charge < -0.3 is 64.2 Å². The lowest BCUT2D eigenvalue weighted by molar-refractivity contribution is -0.332. The van der Waals surface area contributed by atoms with E-state index in [-0.39, 0.29) is 26.1 Å². The zero-order valence-corrected chi connectivity index (χ0v) is 44.9. The maximum atomic E-state index is 13.1. The van der Waals surface area contributed by atoms with E-state index in [9.17, 15) is 45.3 Å². The number of unbranched alkanes of at least 4 members (excludes halogenated alkanes) is 28. The molecule has 0 bridgehead atoms. The Morgan fingerprint density at radius 2 is 0.792 bits per heavy atom. The van der Waals surface area contributed by atoms with Crippen molar-refractivity contribution in [2.45, 2.75) is 300 Å². The van der Waals surface area contributed by atoms with Crippen LogP contribution >= 0.6 is 0 Å². The molecule has 0 amide bonds. The summed E-state index contributed by atoms with van der Waals surface area (Å²) in [6.07, 6.45) is 30.5. The van der Waals surface area contributed by atoms with Crippen LogP contribution in [0.2, 0.25) is 0 Å². The summed E-state index contributed by atoms with van der Waals surface area (Å²) in [7, 11) is 0.